The second-order valence-electron chi connectivity index (χ2n) is 9.27. The number of thiazole rings is 1. The van der Waals surface area contributed by atoms with Crippen LogP contribution in [0.3, 0.4) is 0 Å². The number of hydrogen-bond donors (Lipinski definition) is 3. The second kappa shape index (κ2) is 9.79. The Morgan fingerprint density at radius 2 is 1.86 bits per heavy atom. The Hall–Kier alpha value is -4.02. The lowest BCUT2D eigenvalue weighted by molar-refractivity contribution is 0.0569. The summed E-state index contributed by atoms with van der Waals surface area (Å²) >= 11 is 1.31. The van der Waals surface area contributed by atoms with Crippen LogP contribution in [0.15, 0.2) is 60.2 Å². The second-order valence-corrected chi connectivity index (χ2v) is 10.2. The van der Waals surface area contributed by atoms with Gasteiger partial charge in [-0.1, -0.05) is 0 Å². The molecule has 0 saturated carbocycles. The fourth-order valence-electron chi connectivity index (χ4n) is 4.85. The predicted molar refractivity (Wildman–Crippen MR) is 142 cm³/mol. The van der Waals surface area contributed by atoms with E-state index in [0.29, 0.717) is 42.3 Å². The molecule has 1 saturated heterocycles. The molecule has 4 heterocycles. The number of benzene rings is 2. The van der Waals surface area contributed by atoms with Crippen LogP contribution < -0.4 is 16.0 Å². The van der Waals surface area contributed by atoms with Crippen molar-refractivity contribution >= 4 is 45.6 Å². The van der Waals surface area contributed by atoms with Gasteiger partial charge in [-0.25, -0.2) is 4.98 Å². The number of aromatic nitrogens is 2. The Balaban J connectivity index is 1.03. The molecular formula is C27H26N6O3S. The molecule has 37 heavy (non-hydrogen) atoms. The van der Waals surface area contributed by atoms with E-state index in [4.69, 9.17) is 0 Å². The number of amides is 2. The number of nitrogens with zero attached hydrogens (tertiary/aromatic N) is 3. The number of fused-ring (bicyclic) bond motifs is 2. The molecule has 0 radical (unpaired) electrons. The smallest absolute Gasteiger partial charge is 0.280 e. The van der Waals surface area contributed by atoms with Crippen molar-refractivity contribution in [1.82, 2.24) is 25.1 Å². The summed E-state index contributed by atoms with van der Waals surface area (Å²) in [4.78, 5) is 43.9. The molecule has 2 aromatic heterocycles. The fourth-order valence-corrected chi connectivity index (χ4v) is 5.40. The molecular weight excluding hydrogens is 488 g/mol. The van der Waals surface area contributed by atoms with Crippen molar-refractivity contribution in [2.24, 2.45) is 0 Å². The van der Waals surface area contributed by atoms with Crippen LogP contribution in [0.2, 0.25) is 0 Å². The van der Waals surface area contributed by atoms with E-state index in [1.165, 1.54) is 11.3 Å². The molecule has 4 aromatic rings. The van der Waals surface area contributed by atoms with E-state index in [1.54, 1.807) is 33.3 Å². The van der Waals surface area contributed by atoms with E-state index in [9.17, 15) is 14.4 Å². The quantitative estimate of drug-likeness (QED) is 0.327. The first-order chi connectivity index (χ1) is 18.1. The molecule has 3 N–H and O–H groups in total. The van der Waals surface area contributed by atoms with E-state index in [1.807, 2.05) is 36.4 Å². The molecule has 6 rings (SSSR count). The SMILES string of the molecule is O=C(NCCNC1CN(C(=O)c2ccc3c(ccn3C(=O)c3ccc4c(c3)CCN4)c2)C1)c1nccs1. The third-order valence-corrected chi connectivity index (χ3v) is 7.63. The lowest BCUT2D eigenvalue weighted by Crippen LogP contribution is -2.60. The Morgan fingerprint density at radius 3 is 2.70 bits per heavy atom. The van der Waals surface area contributed by atoms with Crippen molar-refractivity contribution in [1.29, 1.82) is 0 Å². The molecule has 188 valence electrons. The molecule has 10 heteroatoms. The highest BCUT2D eigenvalue weighted by molar-refractivity contribution is 7.11. The van der Waals surface area contributed by atoms with E-state index in [-0.39, 0.29) is 23.8 Å². The average Bonchev–Trinajstić information content (AvgIpc) is 3.66. The van der Waals surface area contributed by atoms with Gasteiger partial charge in [-0.15, -0.1) is 11.3 Å². The van der Waals surface area contributed by atoms with Crippen LogP contribution in [0.4, 0.5) is 5.69 Å². The summed E-state index contributed by atoms with van der Waals surface area (Å²) < 4.78 is 1.64. The standard InChI is InChI=1S/C27H26N6O3S/c34-24(25-31-10-12-37-25)30-9-8-28-21-15-32(16-21)26(35)19-2-4-23-18(14-19)6-11-33(23)27(36)20-1-3-22-17(13-20)5-7-29-22/h1-4,6,10-14,21,28-29H,5,7-9,15-16H2,(H,30,34). The van der Waals surface area contributed by atoms with Crippen LogP contribution in [0.25, 0.3) is 10.9 Å². The Kier molecular flexibility index (Phi) is 6.19. The first-order valence-corrected chi connectivity index (χ1v) is 13.2. The maximum absolute atomic E-state index is 13.2. The minimum atomic E-state index is -0.169. The van der Waals surface area contributed by atoms with Crippen molar-refractivity contribution in [2.45, 2.75) is 12.5 Å². The van der Waals surface area contributed by atoms with Gasteiger partial charge in [0.2, 0.25) is 0 Å². The van der Waals surface area contributed by atoms with Crippen LogP contribution >= 0.6 is 11.3 Å². The number of nitrogens with one attached hydrogen (secondary N) is 3. The topological polar surface area (TPSA) is 108 Å². The lowest BCUT2D eigenvalue weighted by Gasteiger charge is -2.39. The highest BCUT2D eigenvalue weighted by Crippen LogP contribution is 2.25. The van der Waals surface area contributed by atoms with Crippen LogP contribution in [-0.4, -0.2) is 70.9 Å². The van der Waals surface area contributed by atoms with Gasteiger partial charge in [0, 0.05) is 78.7 Å². The maximum atomic E-state index is 13.2. The molecule has 0 atom stereocenters. The fraction of sp³-hybridized carbons (Fsp3) is 0.259. The van der Waals surface area contributed by atoms with Crippen LogP contribution in [0.1, 0.15) is 36.1 Å². The maximum Gasteiger partial charge on any atom is 0.280 e. The molecule has 1 fully saturated rings. The minimum Gasteiger partial charge on any atom is -0.384 e. The summed E-state index contributed by atoms with van der Waals surface area (Å²) in [6.45, 7) is 3.25. The van der Waals surface area contributed by atoms with Gasteiger partial charge in [0.1, 0.15) is 0 Å². The lowest BCUT2D eigenvalue weighted by atomic mass is 10.1. The number of hydrogen-bond acceptors (Lipinski definition) is 7. The Morgan fingerprint density at radius 1 is 1.03 bits per heavy atom. The number of rotatable bonds is 7. The molecule has 0 spiro atoms. The molecule has 2 amide bonds. The van der Waals surface area contributed by atoms with Gasteiger partial charge in [0.15, 0.2) is 5.01 Å². The Bertz CT molecular complexity index is 1490. The van der Waals surface area contributed by atoms with Crippen molar-refractivity contribution in [3.05, 3.63) is 81.9 Å². The minimum absolute atomic E-state index is 0.0257. The number of carbonyl (C=O) groups excluding carboxylic acids is 3. The van der Waals surface area contributed by atoms with E-state index < -0.39 is 0 Å². The van der Waals surface area contributed by atoms with Crippen LogP contribution in [0, 0.1) is 0 Å². The highest BCUT2D eigenvalue weighted by atomic mass is 32.1. The monoisotopic (exact) mass is 514 g/mol. The first kappa shape index (κ1) is 23.4. The van der Waals surface area contributed by atoms with Gasteiger partial charge in [0.05, 0.1) is 5.52 Å². The van der Waals surface area contributed by atoms with Crippen molar-refractivity contribution < 1.29 is 14.4 Å². The normalized spacial score (nSPS) is 14.8. The van der Waals surface area contributed by atoms with Gasteiger partial charge in [0.25, 0.3) is 17.7 Å². The summed E-state index contributed by atoms with van der Waals surface area (Å²) in [6.07, 6.45) is 4.30. The molecule has 2 aromatic carbocycles. The van der Waals surface area contributed by atoms with Crippen molar-refractivity contribution in [2.75, 3.05) is 38.0 Å². The molecule has 0 bridgehead atoms. The number of anilines is 1. The summed E-state index contributed by atoms with van der Waals surface area (Å²) in [5, 5.41) is 12.6. The summed E-state index contributed by atoms with van der Waals surface area (Å²) in [5.41, 5.74) is 4.30. The highest BCUT2D eigenvalue weighted by Gasteiger charge is 2.31. The zero-order chi connectivity index (χ0) is 25.4. The van der Waals surface area contributed by atoms with Gasteiger partial charge in [-0.2, -0.15) is 0 Å². The third kappa shape index (κ3) is 4.61. The zero-order valence-corrected chi connectivity index (χ0v) is 20.9. The predicted octanol–water partition coefficient (Wildman–Crippen LogP) is 2.60. The van der Waals surface area contributed by atoms with Gasteiger partial charge >= 0.3 is 0 Å². The van der Waals surface area contributed by atoms with E-state index >= 15 is 0 Å². The van der Waals surface area contributed by atoms with E-state index in [0.717, 1.165) is 35.1 Å². The van der Waals surface area contributed by atoms with Crippen molar-refractivity contribution in [3.63, 3.8) is 0 Å². The summed E-state index contributed by atoms with van der Waals surface area (Å²) in [6, 6.07) is 13.3. The summed E-state index contributed by atoms with van der Waals surface area (Å²) in [5.74, 6) is -0.275. The van der Waals surface area contributed by atoms with E-state index in [2.05, 4.69) is 20.9 Å². The first-order valence-electron chi connectivity index (χ1n) is 12.3. The van der Waals surface area contributed by atoms with Crippen LogP contribution in [-0.2, 0) is 6.42 Å². The number of likely N-dealkylation sites (tertiary alicyclic amines) is 1. The summed E-state index contributed by atoms with van der Waals surface area (Å²) in [7, 11) is 0. The molecule has 0 aliphatic carbocycles. The average molecular weight is 515 g/mol. The molecule has 2 aliphatic rings. The molecule has 9 nitrogen and oxygen atoms in total. The molecule has 2 aliphatic heterocycles. The van der Waals surface area contributed by atoms with Gasteiger partial charge in [-0.05, 0) is 54.4 Å². The zero-order valence-electron chi connectivity index (χ0n) is 20.1. The largest absolute Gasteiger partial charge is 0.384 e. The van der Waals surface area contributed by atoms with Gasteiger partial charge < -0.3 is 20.9 Å². The van der Waals surface area contributed by atoms with Gasteiger partial charge in [-0.3, -0.25) is 19.0 Å². The van der Waals surface area contributed by atoms with Crippen molar-refractivity contribution in [3.8, 4) is 0 Å². The third-order valence-electron chi connectivity index (χ3n) is 6.86. The molecule has 0 unspecified atom stereocenters. The Labute approximate surface area is 217 Å². The number of carbonyl (C=O) groups is 3. The van der Waals surface area contributed by atoms with Crippen LogP contribution in [0.5, 0.6) is 0 Å².